The molecule has 0 spiro atoms. The number of aromatic nitrogens is 2. The lowest BCUT2D eigenvalue weighted by molar-refractivity contribution is 0.0453. The van der Waals surface area contributed by atoms with Crippen molar-refractivity contribution in [1.29, 1.82) is 0 Å². The quantitative estimate of drug-likeness (QED) is 0.856. The second kappa shape index (κ2) is 5.28. The van der Waals surface area contributed by atoms with Crippen molar-refractivity contribution in [2.24, 2.45) is 0 Å². The lowest BCUT2D eigenvalue weighted by Gasteiger charge is -2.41. The molecule has 1 saturated heterocycles. The Kier molecular flexibility index (Phi) is 3.33. The third-order valence-corrected chi connectivity index (χ3v) is 3.54. The predicted octanol–water partition coefficient (Wildman–Crippen LogP) is 2.07. The zero-order valence-corrected chi connectivity index (χ0v) is 11.2. The first-order chi connectivity index (χ1) is 9.79. The zero-order chi connectivity index (χ0) is 13.9. The van der Waals surface area contributed by atoms with Gasteiger partial charge in [-0.05, 0) is 24.1 Å². The van der Waals surface area contributed by atoms with E-state index in [9.17, 15) is 4.79 Å². The highest BCUT2D eigenvalue weighted by Gasteiger charge is 2.34. The maximum absolute atomic E-state index is 12.4. The molecule has 0 bridgehead atoms. The molecular weight excluding hydrogens is 254 g/mol. The largest absolute Gasteiger partial charge is 0.497 e. The average Bonchev–Trinajstić information content (AvgIpc) is 2.47. The molecule has 1 aromatic carbocycles. The minimum atomic E-state index is -0.0721. The first kappa shape index (κ1) is 12.6. The number of carbonyl (C=O) groups excluding carboxylic acids is 1. The molecule has 1 atom stereocenters. The highest BCUT2D eigenvalue weighted by Crippen LogP contribution is 2.35. The van der Waals surface area contributed by atoms with Gasteiger partial charge in [0.2, 0.25) is 0 Å². The summed E-state index contributed by atoms with van der Waals surface area (Å²) in [6.07, 6.45) is 5.56. The summed E-state index contributed by atoms with van der Waals surface area (Å²) in [6.45, 7) is 0.747. The lowest BCUT2D eigenvalue weighted by Crippen LogP contribution is -2.45. The molecule has 0 radical (unpaired) electrons. The van der Waals surface area contributed by atoms with E-state index in [0.717, 1.165) is 24.3 Å². The molecule has 3 rings (SSSR count). The van der Waals surface area contributed by atoms with Crippen LogP contribution in [0.2, 0.25) is 0 Å². The first-order valence-electron chi connectivity index (χ1n) is 6.50. The number of hydrogen-bond acceptors (Lipinski definition) is 4. The van der Waals surface area contributed by atoms with Crippen LogP contribution in [0.5, 0.6) is 5.75 Å². The fourth-order valence-corrected chi connectivity index (χ4v) is 2.38. The van der Waals surface area contributed by atoms with Gasteiger partial charge in [-0.1, -0.05) is 12.1 Å². The number of carbonyl (C=O) groups is 1. The Hall–Kier alpha value is -2.43. The molecule has 0 N–H and O–H groups in total. The van der Waals surface area contributed by atoms with E-state index in [-0.39, 0.29) is 11.9 Å². The molecular formula is C15H15N3O2. The molecule has 1 amide bonds. The van der Waals surface area contributed by atoms with Gasteiger partial charge in [0.25, 0.3) is 5.91 Å². The summed E-state index contributed by atoms with van der Waals surface area (Å²) in [4.78, 5) is 22.2. The Bertz CT molecular complexity index is 616. The van der Waals surface area contributed by atoms with Crippen molar-refractivity contribution >= 4 is 5.91 Å². The van der Waals surface area contributed by atoms with Gasteiger partial charge in [0.05, 0.1) is 19.3 Å². The van der Waals surface area contributed by atoms with Crippen LogP contribution in [0.15, 0.2) is 42.9 Å². The van der Waals surface area contributed by atoms with E-state index in [1.807, 2.05) is 29.2 Å². The van der Waals surface area contributed by atoms with Crippen molar-refractivity contribution in [3.8, 4) is 5.75 Å². The molecule has 1 unspecified atom stereocenters. The van der Waals surface area contributed by atoms with E-state index in [4.69, 9.17) is 4.74 Å². The van der Waals surface area contributed by atoms with Crippen molar-refractivity contribution in [3.63, 3.8) is 0 Å². The zero-order valence-electron chi connectivity index (χ0n) is 11.2. The van der Waals surface area contributed by atoms with Crippen molar-refractivity contribution < 1.29 is 9.53 Å². The van der Waals surface area contributed by atoms with Gasteiger partial charge in [-0.2, -0.15) is 0 Å². The Morgan fingerprint density at radius 3 is 2.95 bits per heavy atom. The molecule has 1 aliphatic rings. The minimum Gasteiger partial charge on any atom is -0.497 e. The molecule has 20 heavy (non-hydrogen) atoms. The molecule has 1 aromatic heterocycles. The lowest BCUT2D eigenvalue weighted by atomic mass is 9.94. The fraction of sp³-hybridized carbons (Fsp3) is 0.267. The average molecular weight is 269 g/mol. The van der Waals surface area contributed by atoms with Crippen LogP contribution in [0.4, 0.5) is 0 Å². The summed E-state index contributed by atoms with van der Waals surface area (Å²) >= 11 is 0. The molecule has 0 aliphatic carbocycles. The van der Waals surface area contributed by atoms with Crippen LogP contribution in [-0.4, -0.2) is 34.4 Å². The van der Waals surface area contributed by atoms with E-state index in [1.165, 1.54) is 12.4 Å². The van der Waals surface area contributed by atoms with E-state index < -0.39 is 0 Å². The summed E-state index contributed by atoms with van der Waals surface area (Å²) in [6, 6.07) is 7.93. The third-order valence-electron chi connectivity index (χ3n) is 3.54. The Morgan fingerprint density at radius 1 is 1.40 bits per heavy atom. The minimum absolute atomic E-state index is 0.0721. The van der Waals surface area contributed by atoms with Crippen LogP contribution < -0.4 is 4.74 Å². The number of nitrogens with zero attached hydrogens (tertiary/aromatic N) is 3. The number of rotatable bonds is 3. The molecule has 0 saturated carbocycles. The molecule has 1 aliphatic heterocycles. The molecule has 5 nitrogen and oxygen atoms in total. The number of amides is 1. The van der Waals surface area contributed by atoms with Crippen LogP contribution in [0.25, 0.3) is 0 Å². The monoisotopic (exact) mass is 269 g/mol. The van der Waals surface area contributed by atoms with Crippen LogP contribution in [0.3, 0.4) is 0 Å². The van der Waals surface area contributed by atoms with Gasteiger partial charge in [0, 0.05) is 18.9 Å². The molecule has 2 heterocycles. The Labute approximate surface area is 117 Å². The smallest absolute Gasteiger partial charge is 0.274 e. The van der Waals surface area contributed by atoms with Crippen molar-refractivity contribution in [1.82, 2.24) is 14.9 Å². The first-order valence-corrected chi connectivity index (χ1v) is 6.50. The summed E-state index contributed by atoms with van der Waals surface area (Å²) in [7, 11) is 1.64. The standard InChI is InChI=1S/C15H15N3O2/c1-20-12-4-2-3-11(9-12)14-5-8-18(14)15(19)13-10-16-6-7-17-13/h2-4,6-7,9-10,14H,5,8H2,1H3. The van der Waals surface area contributed by atoms with Crippen molar-refractivity contribution in [3.05, 3.63) is 54.1 Å². The highest BCUT2D eigenvalue weighted by molar-refractivity contribution is 5.92. The Morgan fingerprint density at radius 2 is 2.30 bits per heavy atom. The fourth-order valence-electron chi connectivity index (χ4n) is 2.38. The highest BCUT2D eigenvalue weighted by atomic mass is 16.5. The summed E-state index contributed by atoms with van der Waals surface area (Å²) in [5.74, 6) is 0.735. The van der Waals surface area contributed by atoms with Gasteiger partial charge >= 0.3 is 0 Å². The van der Waals surface area contributed by atoms with Crippen molar-refractivity contribution in [2.45, 2.75) is 12.5 Å². The van der Waals surface area contributed by atoms with Gasteiger partial charge < -0.3 is 9.64 Å². The number of hydrogen-bond donors (Lipinski definition) is 0. The Balaban J connectivity index is 1.81. The van der Waals surface area contributed by atoms with Gasteiger partial charge in [0.15, 0.2) is 0 Å². The van der Waals surface area contributed by atoms with E-state index in [1.54, 1.807) is 13.3 Å². The van der Waals surface area contributed by atoms with Gasteiger partial charge in [-0.15, -0.1) is 0 Å². The summed E-state index contributed by atoms with van der Waals surface area (Å²) in [5, 5.41) is 0. The van der Waals surface area contributed by atoms with Gasteiger partial charge in [-0.3, -0.25) is 9.78 Å². The van der Waals surface area contributed by atoms with E-state index in [0.29, 0.717) is 5.69 Å². The SMILES string of the molecule is COc1cccc(C2CCN2C(=O)c2cnccn2)c1. The number of likely N-dealkylation sites (tertiary alicyclic amines) is 1. The van der Waals surface area contributed by atoms with E-state index >= 15 is 0 Å². The number of methoxy groups -OCH3 is 1. The topological polar surface area (TPSA) is 55.3 Å². The number of benzene rings is 1. The summed E-state index contributed by atoms with van der Waals surface area (Å²) < 4.78 is 5.23. The van der Waals surface area contributed by atoms with Crippen LogP contribution in [0, 0.1) is 0 Å². The van der Waals surface area contributed by atoms with Crippen LogP contribution in [-0.2, 0) is 0 Å². The van der Waals surface area contributed by atoms with Gasteiger partial charge in [0.1, 0.15) is 11.4 Å². The molecule has 2 aromatic rings. The second-order valence-corrected chi connectivity index (χ2v) is 4.67. The van der Waals surface area contributed by atoms with Gasteiger partial charge in [-0.25, -0.2) is 4.98 Å². The molecule has 5 heteroatoms. The van der Waals surface area contributed by atoms with Crippen molar-refractivity contribution in [2.75, 3.05) is 13.7 Å². The molecule has 1 fully saturated rings. The predicted molar refractivity (Wildman–Crippen MR) is 73.4 cm³/mol. The van der Waals surface area contributed by atoms with Crippen LogP contribution >= 0.6 is 0 Å². The summed E-state index contributed by atoms with van der Waals surface area (Å²) in [5.41, 5.74) is 1.48. The van der Waals surface area contributed by atoms with E-state index in [2.05, 4.69) is 9.97 Å². The maximum atomic E-state index is 12.4. The third kappa shape index (κ3) is 2.22. The maximum Gasteiger partial charge on any atom is 0.274 e. The normalized spacial score (nSPS) is 17.4. The molecule has 102 valence electrons. The number of ether oxygens (including phenoxy) is 1. The van der Waals surface area contributed by atoms with Crippen LogP contribution in [0.1, 0.15) is 28.5 Å². The second-order valence-electron chi connectivity index (χ2n) is 4.67.